The van der Waals surface area contributed by atoms with E-state index in [-0.39, 0.29) is 34.1 Å². The molecule has 2 unspecified atom stereocenters. The maximum absolute atomic E-state index is 15.2. The summed E-state index contributed by atoms with van der Waals surface area (Å²) >= 11 is 0. The predicted octanol–water partition coefficient (Wildman–Crippen LogP) is 4.10. The van der Waals surface area contributed by atoms with Crippen molar-refractivity contribution in [3.05, 3.63) is 53.1 Å². The molecular formula is C39H47N5O7S. The highest BCUT2D eigenvalue weighted by Gasteiger charge is 2.71. The van der Waals surface area contributed by atoms with Crippen LogP contribution in [0.15, 0.2) is 36.4 Å². The van der Waals surface area contributed by atoms with Gasteiger partial charge in [0.1, 0.15) is 5.75 Å². The Balaban J connectivity index is 1.18. The molecule has 12 nitrogen and oxygen atoms in total. The summed E-state index contributed by atoms with van der Waals surface area (Å²) in [5.74, 6) is 0.552. The van der Waals surface area contributed by atoms with Crippen molar-refractivity contribution in [2.75, 3.05) is 60.6 Å². The fourth-order valence-corrected chi connectivity index (χ4v) is 11.2. The Bertz CT molecular complexity index is 2140. The lowest BCUT2D eigenvalue weighted by atomic mass is 9.71. The quantitative estimate of drug-likeness (QED) is 0.405. The van der Waals surface area contributed by atoms with Crippen LogP contribution >= 0.6 is 0 Å². The monoisotopic (exact) mass is 729 g/mol. The van der Waals surface area contributed by atoms with Crippen molar-refractivity contribution in [1.29, 1.82) is 0 Å². The molecule has 0 spiro atoms. The van der Waals surface area contributed by atoms with Crippen LogP contribution in [0.1, 0.15) is 78.8 Å². The van der Waals surface area contributed by atoms with E-state index in [1.165, 1.54) is 26.1 Å². The minimum atomic E-state index is -4.00. The Labute approximate surface area is 304 Å². The molecule has 3 amide bonds. The van der Waals surface area contributed by atoms with E-state index >= 15 is 4.79 Å². The molecule has 1 N–H and O–H groups in total. The van der Waals surface area contributed by atoms with E-state index in [0.29, 0.717) is 58.3 Å². The van der Waals surface area contributed by atoms with Gasteiger partial charge < -0.3 is 23.8 Å². The van der Waals surface area contributed by atoms with E-state index in [1.54, 1.807) is 20.1 Å². The van der Waals surface area contributed by atoms with Crippen molar-refractivity contribution in [2.24, 2.45) is 16.2 Å². The molecule has 4 atom stereocenters. The Hall–Kier alpha value is -3.94. The first-order valence-electron chi connectivity index (χ1n) is 18.5. The van der Waals surface area contributed by atoms with Crippen LogP contribution in [0, 0.1) is 16.2 Å². The van der Waals surface area contributed by atoms with Crippen LogP contribution in [0.4, 0.5) is 0 Å². The summed E-state index contributed by atoms with van der Waals surface area (Å²) in [6.07, 6.45) is 6.30. The SMILES string of the molecule is COc1ccc2c(c1)[C@@H]1C[C@]1(C(=O)N1CC34COCC3(CN(C(C)=O)C4)C1)Cn1c-2c(C2CCCCC2)c2ccc(C(=O)NS(=O)(=O)N(C)C)cc21. The Kier molecular flexibility index (Phi) is 7.51. The minimum absolute atomic E-state index is 0.0174. The van der Waals surface area contributed by atoms with E-state index in [1.807, 2.05) is 23.1 Å². The van der Waals surface area contributed by atoms with Crippen LogP contribution < -0.4 is 9.46 Å². The van der Waals surface area contributed by atoms with Crippen molar-refractivity contribution in [3.63, 3.8) is 0 Å². The number of amides is 3. The van der Waals surface area contributed by atoms with Gasteiger partial charge in [0, 0.05) is 92.5 Å². The molecule has 0 radical (unpaired) electrons. The first-order chi connectivity index (χ1) is 24.8. The molecule has 13 heteroatoms. The molecule has 0 bridgehead atoms. The highest BCUT2D eigenvalue weighted by atomic mass is 32.2. The fourth-order valence-electron chi connectivity index (χ4n) is 10.6. The standard InChI is InChI=1S/C39H47N5O7S/c1-24(45)42-17-37-19-43(20-38(37,18-42)23-51-22-37)36(47)39-16-31(39)30-15-27(50-4)11-13-28(30)34-33(25-8-6-5-7-9-25)29-12-10-26(14-32(29)44(34)21-39)35(46)40-52(48,49)41(2)3/h10-15,25,31H,5-9,16-23H2,1-4H3,(H,40,46)/t31-,37?,38?,39-/m0/s1. The minimum Gasteiger partial charge on any atom is -0.497 e. The highest BCUT2D eigenvalue weighted by molar-refractivity contribution is 7.87. The maximum atomic E-state index is 15.2. The number of carbonyl (C=O) groups excluding carboxylic acids is 3. The summed E-state index contributed by atoms with van der Waals surface area (Å²) < 4.78 is 42.6. The average Bonchev–Trinajstić information content (AvgIpc) is 3.30. The normalized spacial score (nSPS) is 29.3. The van der Waals surface area contributed by atoms with Crippen molar-refractivity contribution < 1.29 is 32.3 Å². The number of ether oxygens (including phenoxy) is 2. The molecule has 1 aromatic heterocycles. The summed E-state index contributed by atoms with van der Waals surface area (Å²) in [5.41, 5.74) is 4.38. The third-order valence-corrected chi connectivity index (χ3v) is 14.9. The van der Waals surface area contributed by atoms with Gasteiger partial charge in [-0.2, -0.15) is 12.7 Å². The Morgan fingerprint density at radius 2 is 1.62 bits per heavy atom. The Morgan fingerprint density at radius 1 is 0.923 bits per heavy atom. The molecule has 3 aromatic rings. The predicted molar refractivity (Wildman–Crippen MR) is 194 cm³/mol. The molecule has 5 fully saturated rings. The van der Waals surface area contributed by atoms with Gasteiger partial charge >= 0.3 is 10.2 Å². The van der Waals surface area contributed by atoms with Crippen molar-refractivity contribution in [3.8, 4) is 17.0 Å². The number of methoxy groups -OCH3 is 1. The van der Waals surface area contributed by atoms with E-state index < -0.39 is 21.5 Å². The van der Waals surface area contributed by atoms with Crippen molar-refractivity contribution >= 4 is 38.8 Å². The number of carbonyl (C=O) groups is 3. The maximum Gasteiger partial charge on any atom is 0.303 e. The van der Waals surface area contributed by atoms with Gasteiger partial charge in [-0.3, -0.25) is 14.4 Å². The van der Waals surface area contributed by atoms with Crippen LogP contribution in [-0.2, 0) is 31.1 Å². The zero-order valence-corrected chi connectivity index (χ0v) is 31.2. The number of nitrogens with one attached hydrogen (secondary N) is 1. The molecule has 9 rings (SSSR count). The fraction of sp³-hybridized carbons (Fsp3) is 0.564. The highest BCUT2D eigenvalue weighted by Crippen LogP contribution is 2.67. The van der Waals surface area contributed by atoms with E-state index in [9.17, 15) is 18.0 Å². The number of fused-ring (bicyclic) bond motifs is 7. The second-order valence-electron chi connectivity index (χ2n) is 16.6. The molecular weight excluding hydrogens is 683 g/mol. The summed E-state index contributed by atoms with van der Waals surface area (Å²) in [7, 11) is 0.426. The molecule has 3 saturated heterocycles. The van der Waals surface area contributed by atoms with Gasteiger partial charge in [0.15, 0.2) is 0 Å². The average molecular weight is 730 g/mol. The summed E-state index contributed by atoms with van der Waals surface area (Å²) in [5, 5.41) is 1.04. The van der Waals surface area contributed by atoms with E-state index in [0.717, 1.165) is 63.5 Å². The van der Waals surface area contributed by atoms with Crippen LogP contribution in [0.25, 0.3) is 22.2 Å². The second kappa shape index (κ2) is 11.5. The van der Waals surface area contributed by atoms with Crippen LogP contribution in [0.2, 0.25) is 0 Å². The zero-order valence-electron chi connectivity index (χ0n) is 30.4. The second-order valence-corrected chi connectivity index (χ2v) is 18.5. The third-order valence-electron chi connectivity index (χ3n) is 13.5. The molecule has 6 aliphatic rings. The molecule has 5 heterocycles. The summed E-state index contributed by atoms with van der Waals surface area (Å²) in [6, 6.07) is 11.8. The third kappa shape index (κ3) is 4.77. The molecule has 52 heavy (non-hydrogen) atoms. The van der Waals surface area contributed by atoms with Gasteiger partial charge in [-0.1, -0.05) is 25.3 Å². The number of hydrogen-bond acceptors (Lipinski definition) is 7. The molecule has 276 valence electrons. The smallest absolute Gasteiger partial charge is 0.303 e. The number of hydrogen-bond donors (Lipinski definition) is 1. The zero-order chi connectivity index (χ0) is 36.4. The van der Waals surface area contributed by atoms with Crippen LogP contribution in [-0.4, -0.2) is 105 Å². The first-order valence-corrected chi connectivity index (χ1v) is 20.0. The Morgan fingerprint density at radius 3 is 2.27 bits per heavy atom. The van der Waals surface area contributed by atoms with Gasteiger partial charge in [0.05, 0.1) is 31.4 Å². The number of aromatic nitrogens is 1. The summed E-state index contributed by atoms with van der Waals surface area (Å²) in [6.45, 7) is 5.49. The van der Waals surface area contributed by atoms with Crippen molar-refractivity contribution in [2.45, 2.75) is 63.8 Å². The van der Waals surface area contributed by atoms with Gasteiger partial charge in [0.2, 0.25) is 11.8 Å². The number of rotatable bonds is 6. The number of nitrogens with zero attached hydrogens (tertiary/aromatic N) is 4. The molecule has 2 saturated carbocycles. The lowest BCUT2D eigenvalue weighted by Crippen LogP contribution is -2.44. The molecule has 4 aliphatic heterocycles. The van der Waals surface area contributed by atoms with E-state index in [4.69, 9.17) is 9.47 Å². The number of benzene rings is 2. The summed E-state index contributed by atoms with van der Waals surface area (Å²) in [4.78, 5) is 45.2. The van der Waals surface area contributed by atoms with Gasteiger partial charge in [-0.05, 0) is 66.6 Å². The van der Waals surface area contributed by atoms with Gasteiger partial charge in [-0.25, -0.2) is 4.72 Å². The number of likely N-dealkylation sites (tertiary alicyclic amines) is 2. The van der Waals surface area contributed by atoms with Gasteiger partial charge in [0.25, 0.3) is 5.91 Å². The first kappa shape index (κ1) is 33.9. The van der Waals surface area contributed by atoms with Crippen LogP contribution in [0.3, 0.4) is 0 Å². The topological polar surface area (TPSA) is 130 Å². The lowest BCUT2D eigenvalue weighted by Gasteiger charge is -2.30. The molecule has 2 aromatic carbocycles. The van der Waals surface area contributed by atoms with E-state index in [2.05, 4.69) is 26.3 Å². The van der Waals surface area contributed by atoms with Gasteiger partial charge in [-0.15, -0.1) is 0 Å². The van der Waals surface area contributed by atoms with Crippen LogP contribution in [0.5, 0.6) is 5.75 Å². The molecule has 2 aliphatic carbocycles. The lowest BCUT2D eigenvalue weighted by molar-refractivity contribution is -0.138. The largest absolute Gasteiger partial charge is 0.497 e. The van der Waals surface area contributed by atoms with Crippen molar-refractivity contribution in [1.82, 2.24) is 23.4 Å².